The number of Topliss-reactive ketones (excluding diaryl/α,β-unsaturated/α-hetero) is 1. The Morgan fingerprint density at radius 2 is 1.86 bits per heavy atom. The molecule has 2 atom stereocenters. The molecule has 2 aromatic heterocycles. The summed E-state index contributed by atoms with van der Waals surface area (Å²) in [6, 6.07) is 14.6. The van der Waals surface area contributed by atoms with E-state index in [-0.39, 0.29) is 35.5 Å². The molecule has 2 aromatic carbocycles. The first kappa shape index (κ1) is 25.9. The minimum Gasteiger partial charge on any atom is -0.493 e. The molecule has 0 spiro atoms. The number of H-pyrrole nitrogens is 1. The molecule has 0 aliphatic rings. The predicted octanol–water partition coefficient (Wildman–Crippen LogP) is 3.56. The highest BCUT2D eigenvalue weighted by molar-refractivity contribution is 7.14. The molecule has 4 N–H and O–H groups in total. The zero-order valence-electron chi connectivity index (χ0n) is 20.2. The minimum absolute atomic E-state index is 0.126. The number of thiazole rings is 1. The quantitative estimate of drug-likeness (QED) is 0.233. The summed E-state index contributed by atoms with van der Waals surface area (Å²) in [4.78, 5) is 45.1. The Morgan fingerprint density at radius 1 is 1.16 bits per heavy atom. The number of rotatable bonds is 10. The van der Waals surface area contributed by atoms with Crippen molar-refractivity contribution in [3.63, 3.8) is 0 Å². The molecule has 192 valence electrons. The summed E-state index contributed by atoms with van der Waals surface area (Å²) < 4.78 is 6.39. The van der Waals surface area contributed by atoms with Gasteiger partial charge >= 0.3 is 5.69 Å². The van der Waals surface area contributed by atoms with Gasteiger partial charge in [0.1, 0.15) is 29.8 Å². The summed E-state index contributed by atoms with van der Waals surface area (Å²) in [5.41, 5.74) is 0.987. The highest BCUT2D eigenvalue weighted by atomic mass is 32.1. The predicted molar refractivity (Wildman–Crippen MR) is 139 cm³/mol. The lowest BCUT2D eigenvalue weighted by Crippen LogP contribution is -2.35. The van der Waals surface area contributed by atoms with Crippen molar-refractivity contribution in [2.75, 3.05) is 18.5 Å². The van der Waals surface area contributed by atoms with E-state index in [1.54, 1.807) is 36.6 Å². The first-order chi connectivity index (χ1) is 17.8. The molecule has 0 unspecified atom stereocenters. The topological polar surface area (TPSA) is 147 Å². The molecular weight excluding hydrogens is 496 g/mol. The van der Waals surface area contributed by atoms with Crippen LogP contribution in [0.2, 0.25) is 0 Å². The zero-order chi connectivity index (χ0) is 26.5. The summed E-state index contributed by atoms with van der Waals surface area (Å²) in [5.74, 6) is -1.21. The molecule has 0 aliphatic heterocycles. The standard InChI is InChI=1S/C26H26N4O6S/c1-15(17-6-4-3-5-7-17)22(23(33)29-25-27-20(14-37-25)16(2)32)30-24(34)21(28-26(30)35)18-8-10-19(11-9-18)36-13-12-31/h3-11,14-15,22,31,34H,12-13H2,1-2H3,(H,28,35)(H,27,29,33)/t15-,22-/m0/s1. The van der Waals surface area contributed by atoms with Gasteiger partial charge in [0.25, 0.3) is 0 Å². The smallest absolute Gasteiger partial charge is 0.329 e. The van der Waals surface area contributed by atoms with E-state index in [1.807, 2.05) is 30.3 Å². The second-order valence-corrected chi connectivity index (χ2v) is 9.18. The van der Waals surface area contributed by atoms with Crippen molar-refractivity contribution >= 4 is 28.2 Å². The summed E-state index contributed by atoms with van der Waals surface area (Å²) in [6.07, 6.45) is 0. The van der Waals surface area contributed by atoms with Crippen LogP contribution in [0.25, 0.3) is 11.3 Å². The molecular formula is C26H26N4O6S. The molecule has 0 bridgehead atoms. The Morgan fingerprint density at radius 3 is 2.49 bits per heavy atom. The maximum atomic E-state index is 13.6. The lowest BCUT2D eigenvalue weighted by atomic mass is 9.92. The Bertz CT molecular complexity index is 1440. The van der Waals surface area contributed by atoms with E-state index in [0.29, 0.717) is 11.3 Å². The van der Waals surface area contributed by atoms with Gasteiger partial charge in [-0.2, -0.15) is 0 Å². The van der Waals surface area contributed by atoms with E-state index in [0.717, 1.165) is 21.5 Å². The largest absolute Gasteiger partial charge is 0.493 e. The highest BCUT2D eigenvalue weighted by Gasteiger charge is 2.33. The first-order valence-electron chi connectivity index (χ1n) is 11.5. The van der Waals surface area contributed by atoms with Crippen LogP contribution in [0.4, 0.5) is 5.13 Å². The molecule has 1 amide bonds. The van der Waals surface area contributed by atoms with Crippen LogP contribution in [0, 0.1) is 0 Å². The molecule has 11 heteroatoms. The second-order valence-electron chi connectivity index (χ2n) is 8.32. The van der Waals surface area contributed by atoms with Gasteiger partial charge in [0.15, 0.2) is 10.9 Å². The van der Waals surface area contributed by atoms with Gasteiger partial charge in [-0.1, -0.05) is 37.3 Å². The number of aromatic hydroxyl groups is 1. The van der Waals surface area contributed by atoms with Gasteiger partial charge in [0, 0.05) is 23.8 Å². The van der Waals surface area contributed by atoms with Crippen molar-refractivity contribution in [1.29, 1.82) is 0 Å². The Kier molecular flexibility index (Phi) is 7.85. The van der Waals surface area contributed by atoms with Gasteiger partial charge in [0.05, 0.1) is 6.61 Å². The van der Waals surface area contributed by atoms with Gasteiger partial charge in [-0.3, -0.25) is 9.59 Å². The van der Waals surface area contributed by atoms with Crippen LogP contribution in [0.3, 0.4) is 0 Å². The molecule has 37 heavy (non-hydrogen) atoms. The molecule has 0 fully saturated rings. The van der Waals surface area contributed by atoms with Crippen molar-refractivity contribution < 1.29 is 24.5 Å². The van der Waals surface area contributed by atoms with Gasteiger partial charge in [-0.05, 0) is 29.8 Å². The molecule has 0 aliphatic carbocycles. The van der Waals surface area contributed by atoms with Crippen molar-refractivity contribution in [1.82, 2.24) is 14.5 Å². The number of amides is 1. The molecule has 10 nitrogen and oxygen atoms in total. The van der Waals surface area contributed by atoms with E-state index < -0.39 is 29.4 Å². The van der Waals surface area contributed by atoms with Crippen molar-refractivity contribution in [3.8, 4) is 22.9 Å². The van der Waals surface area contributed by atoms with Gasteiger partial charge < -0.3 is 25.3 Å². The van der Waals surface area contributed by atoms with E-state index in [2.05, 4.69) is 15.3 Å². The number of aliphatic hydroxyl groups excluding tert-OH is 1. The molecule has 2 heterocycles. The van der Waals surface area contributed by atoms with E-state index in [9.17, 15) is 19.5 Å². The molecule has 4 rings (SSSR count). The number of nitrogens with zero attached hydrogens (tertiary/aromatic N) is 2. The normalized spacial score (nSPS) is 12.6. The molecule has 0 radical (unpaired) electrons. The summed E-state index contributed by atoms with van der Waals surface area (Å²) in [6.45, 7) is 3.18. The fourth-order valence-corrected chi connectivity index (χ4v) is 4.71. The Balaban J connectivity index is 1.73. The van der Waals surface area contributed by atoms with E-state index in [4.69, 9.17) is 9.84 Å². The van der Waals surface area contributed by atoms with Crippen LogP contribution in [0.15, 0.2) is 64.8 Å². The minimum atomic E-state index is -1.14. The zero-order valence-corrected chi connectivity index (χ0v) is 21.0. The first-order valence-corrected chi connectivity index (χ1v) is 12.4. The second kappa shape index (κ2) is 11.2. The molecule has 0 saturated carbocycles. The number of carbonyl (C=O) groups excluding carboxylic acids is 2. The van der Waals surface area contributed by atoms with Crippen LogP contribution < -0.4 is 15.7 Å². The van der Waals surface area contributed by atoms with Crippen LogP contribution in [0.1, 0.15) is 41.9 Å². The third-order valence-corrected chi connectivity index (χ3v) is 6.60. The number of hydrogen-bond donors (Lipinski definition) is 4. The fourth-order valence-electron chi connectivity index (χ4n) is 3.96. The number of aliphatic hydroxyl groups is 1. The lowest BCUT2D eigenvalue weighted by Gasteiger charge is -2.24. The molecule has 0 saturated heterocycles. The van der Waals surface area contributed by atoms with Crippen molar-refractivity contribution in [2.45, 2.75) is 25.8 Å². The maximum absolute atomic E-state index is 13.6. The number of hydrogen-bond acceptors (Lipinski definition) is 8. The van der Waals surface area contributed by atoms with Gasteiger partial charge in [0.2, 0.25) is 11.8 Å². The highest BCUT2D eigenvalue weighted by Crippen LogP contribution is 2.35. The number of benzene rings is 2. The van der Waals surface area contributed by atoms with Gasteiger partial charge in [-0.15, -0.1) is 11.3 Å². The van der Waals surface area contributed by atoms with Crippen molar-refractivity contribution in [3.05, 3.63) is 81.7 Å². The van der Waals surface area contributed by atoms with Crippen molar-refractivity contribution in [2.24, 2.45) is 0 Å². The maximum Gasteiger partial charge on any atom is 0.329 e. The number of ether oxygens (including phenoxy) is 1. The van der Waals surface area contributed by atoms with Crippen LogP contribution in [-0.2, 0) is 4.79 Å². The number of aromatic amines is 1. The third kappa shape index (κ3) is 5.63. The van der Waals surface area contributed by atoms with Gasteiger partial charge in [-0.25, -0.2) is 14.3 Å². The Hall–Kier alpha value is -4.22. The van der Waals surface area contributed by atoms with Crippen LogP contribution >= 0.6 is 11.3 Å². The number of anilines is 1. The monoisotopic (exact) mass is 522 g/mol. The van der Waals surface area contributed by atoms with E-state index in [1.165, 1.54) is 6.92 Å². The van der Waals surface area contributed by atoms with Crippen LogP contribution in [0.5, 0.6) is 11.6 Å². The fraction of sp³-hybridized carbons (Fsp3) is 0.231. The number of nitrogens with one attached hydrogen (secondary N) is 2. The lowest BCUT2D eigenvalue weighted by molar-refractivity contribution is -0.120. The SMILES string of the molecule is CC(=O)c1csc(NC(=O)[C@H]([C@@H](C)c2ccccc2)n2c(O)c(-c3ccc(OCCO)cc3)[nH]c2=O)n1. The number of carbonyl (C=O) groups is 2. The summed E-state index contributed by atoms with van der Waals surface area (Å²) in [5, 5.41) is 24.5. The summed E-state index contributed by atoms with van der Waals surface area (Å²) in [7, 11) is 0. The average molecular weight is 523 g/mol. The third-order valence-electron chi connectivity index (χ3n) is 5.85. The average Bonchev–Trinajstić information content (AvgIpc) is 3.48. The number of aromatic nitrogens is 3. The summed E-state index contributed by atoms with van der Waals surface area (Å²) >= 11 is 1.09. The Labute approximate surface area is 216 Å². The number of imidazole rings is 1. The van der Waals surface area contributed by atoms with Crippen LogP contribution in [-0.4, -0.2) is 49.7 Å². The number of ketones is 1. The molecule has 4 aromatic rings. The van der Waals surface area contributed by atoms with E-state index >= 15 is 0 Å².